The second-order valence-electron chi connectivity index (χ2n) is 11.2. The number of aromatic nitrogens is 4. The molecule has 0 saturated heterocycles. The molecule has 2 aromatic heterocycles. The molecule has 0 saturated carbocycles. The fourth-order valence-electron chi connectivity index (χ4n) is 5.29. The Bertz CT molecular complexity index is 2350. The number of nitro groups is 1. The normalized spacial score (nSPS) is 14.5. The van der Waals surface area contributed by atoms with E-state index >= 15 is 0 Å². The highest BCUT2D eigenvalue weighted by atomic mass is 35.5. The van der Waals surface area contributed by atoms with E-state index in [0.29, 0.717) is 60.3 Å². The second-order valence-corrected chi connectivity index (χ2v) is 14.1. The molecule has 5 aromatic rings. The van der Waals surface area contributed by atoms with Crippen LogP contribution < -0.4 is 19.6 Å². The lowest BCUT2D eigenvalue weighted by molar-refractivity contribution is -0.387. The number of carbonyl (C=O) groups excluding carboxylic acids is 1. The van der Waals surface area contributed by atoms with Crippen molar-refractivity contribution in [2.75, 3.05) is 6.61 Å². The summed E-state index contributed by atoms with van der Waals surface area (Å²) in [7, 11) is 0. The average Bonchev–Trinajstić information content (AvgIpc) is 3.64. The first-order valence-electron chi connectivity index (χ1n) is 15.2. The maximum Gasteiger partial charge on any atom is 0.338 e. The molecule has 6 rings (SSSR count). The highest BCUT2D eigenvalue weighted by Crippen LogP contribution is 2.36. The Morgan fingerprint density at radius 3 is 2.60 bits per heavy atom. The van der Waals surface area contributed by atoms with Gasteiger partial charge in [-0.05, 0) is 93.1 Å². The third-order valence-electron chi connectivity index (χ3n) is 7.42. The molecule has 16 heteroatoms. The lowest BCUT2D eigenvalue weighted by Crippen LogP contribution is -2.40. The quantitative estimate of drug-likeness (QED) is 0.0929. The molecule has 0 bridgehead atoms. The molecule has 3 heterocycles. The molecule has 12 nitrogen and oxygen atoms in total. The summed E-state index contributed by atoms with van der Waals surface area (Å²) in [6.07, 6.45) is 1.18. The van der Waals surface area contributed by atoms with Gasteiger partial charge in [0.05, 0.1) is 49.4 Å². The summed E-state index contributed by atoms with van der Waals surface area (Å²) in [6.45, 7) is 7.56. The van der Waals surface area contributed by atoms with Gasteiger partial charge in [0.15, 0.2) is 10.6 Å². The van der Waals surface area contributed by atoms with E-state index in [1.54, 1.807) is 81.4 Å². The Kier molecular flexibility index (Phi) is 10.3. The van der Waals surface area contributed by atoms with E-state index in [-0.39, 0.29) is 20.9 Å². The van der Waals surface area contributed by atoms with E-state index < -0.39 is 28.6 Å². The van der Waals surface area contributed by atoms with Gasteiger partial charge in [-0.1, -0.05) is 52.7 Å². The zero-order valence-electron chi connectivity index (χ0n) is 27.0. The maximum atomic E-state index is 14.1. The largest absolute Gasteiger partial charge is 0.494 e. The van der Waals surface area contributed by atoms with Crippen molar-refractivity contribution in [3.8, 4) is 17.1 Å². The number of benzene rings is 3. The van der Waals surface area contributed by atoms with Crippen molar-refractivity contribution < 1.29 is 19.2 Å². The van der Waals surface area contributed by atoms with Crippen molar-refractivity contribution in [1.82, 2.24) is 19.7 Å². The summed E-state index contributed by atoms with van der Waals surface area (Å²) in [5.74, 6) is 0.449. The summed E-state index contributed by atoms with van der Waals surface area (Å²) in [6, 6.07) is 15.9. The summed E-state index contributed by atoms with van der Waals surface area (Å²) in [5, 5.41) is 20.3. The number of nitro benzene ring substituents is 1. The fraction of sp³-hybridized carbons (Fsp3) is 0.206. The van der Waals surface area contributed by atoms with Crippen molar-refractivity contribution in [3.05, 3.63) is 123 Å². The monoisotopic (exact) mass is 750 g/mol. The van der Waals surface area contributed by atoms with E-state index in [1.807, 2.05) is 6.92 Å². The number of thiazole rings is 1. The second kappa shape index (κ2) is 14.6. The van der Waals surface area contributed by atoms with Crippen LogP contribution in [0.4, 0.5) is 5.69 Å². The minimum atomic E-state index is -0.822. The molecule has 0 unspecified atom stereocenters. The zero-order valence-corrected chi connectivity index (χ0v) is 30.1. The highest BCUT2D eigenvalue weighted by molar-refractivity contribution is 7.99. The maximum absolute atomic E-state index is 14.1. The van der Waals surface area contributed by atoms with Gasteiger partial charge >= 0.3 is 5.97 Å². The Labute approximate surface area is 303 Å². The lowest BCUT2D eigenvalue weighted by Gasteiger charge is -2.25. The van der Waals surface area contributed by atoms with Crippen LogP contribution in [0.15, 0.2) is 91.8 Å². The van der Waals surface area contributed by atoms with Crippen LogP contribution in [-0.4, -0.2) is 43.4 Å². The minimum Gasteiger partial charge on any atom is -0.494 e. The molecular weight excluding hydrogens is 723 g/mol. The van der Waals surface area contributed by atoms with Gasteiger partial charge in [0.2, 0.25) is 5.16 Å². The van der Waals surface area contributed by atoms with E-state index in [9.17, 15) is 19.7 Å². The first-order chi connectivity index (χ1) is 23.9. The van der Waals surface area contributed by atoms with Gasteiger partial charge in [-0.15, -0.1) is 5.10 Å². The summed E-state index contributed by atoms with van der Waals surface area (Å²) in [5.41, 5.74) is 1.71. The Balaban J connectivity index is 1.37. The molecule has 0 radical (unpaired) electrons. The number of H-pyrrole nitrogens is 1. The van der Waals surface area contributed by atoms with Crippen molar-refractivity contribution in [2.24, 2.45) is 4.99 Å². The number of carbonyl (C=O) groups is 1. The first-order valence-corrected chi connectivity index (χ1v) is 17.6. The number of fused-ring (bicyclic) bond motifs is 1. The Morgan fingerprint density at radius 1 is 1.16 bits per heavy atom. The van der Waals surface area contributed by atoms with Gasteiger partial charge in [0.25, 0.3) is 11.2 Å². The molecule has 3 aromatic carbocycles. The topological polar surface area (TPSA) is 155 Å². The molecule has 1 aliphatic heterocycles. The highest BCUT2D eigenvalue weighted by Gasteiger charge is 2.34. The third-order valence-corrected chi connectivity index (χ3v) is 9.88. The fourth-order valence-corrected chi connectivity index (χ4v) is 7.63. The standard InChI is InChI=1S/C34H28Cl2N6O6S2/c1-5-47-22-10-7-20(8-11-22)29-28(32(44)48-17(2)3)18(4)37-34-41(29)31(43)27(50-34)15-19-6-13-26(25(14-19)42(45)46)49-33-38-30(39-40-33)23-12-9-21(35)16-24(23)36/h6-17,29H,5H2,1-4H3,(H,38,39,40)/b27-15-/t29-/m1/s1. The molecule has 0 fully saturated rings. The molecule has 0 aliphatic carbocycles. The van der Waals surface area contributed by atoms with Crippen LogP contribution in [0.3, 0.4) is 0 Å². The number of ether oxygens (including phenoxy) is 2. The number of halogens is 2. The van der Waals surface area contributed by atoms with Crippen molar-refractivity contribution in [3.63, 3.8) is 0 Å². The molecule has 1 N–H and O–H groups in total. The molecule has 1 atom stereocenters. The SMILES string of the molecule is CCOc1ccc([C@@H]2C(C(=O)OC(C)C)=C(C)N=c3s/c(=C\c4ccc(Sc5n[nH]c(-c6ccc(Cl)cc6Cl)n5)c([N+](=O)[O-])c4)c(=O)n32)cc1. The van der Waals surface area contributed by atoms with E-state index in [2.05, 4.69) is 20.2 Å². The Hall–Kier alpha value is -4.76. The van der Waals surface area contributed by atoms with E-state index in [4.69, 9.17) is 32.7 Å². The lowest BCUT2D eigenvalue weighted by atomic mass is 9.96. The zero-order chi connectivity index (χ0) is 35.7. The predicted molar refractivity (Wildman–Crippen MR) is 192 cm³/mol. The number of rotatable bonds is 10. The number of esters is 1. The molecule has 0 amide bonds. The van der Waals surface area contributed by atoms with Crippen LogP contribution in [0.1, 0.15) is 44.9 Å². The van der Waals surface area contributed by atoms with Crippen LogP contribution in [0, 0.1) is 10.1 Å². The number of aromatic amines is 1. The Morgan fingerprint density at radius 2 is 1.92 bits per heavy atom. The van der Waals surface area contributed by atoms with Gasteiger partial charge in [0, 0.05) is 16.7 Å². The first kappa shape index (κ1) is 35.1. The van der Waals surface area contributed by atoms with Crippen LogP contribution in [0.25, 0.3) is 17.5 Å². The number of hydrogen-bond donors (Lipinski definition) is 1. The van der Waals surface area contributed by atoms with Gasteiger partial charge in [-0.3, -0.25) is 24.6 Å². The van der Waals surface area contributed by atoms with E-state index in [0.717, 1.165) is 23.1 Å². The van der Waals surface area contributed by atoms with Crippen LogP contribution in [0.2, 0.25) is 10.0 Å². The molecule has 1 aliphatic rings. The van der Waals surface area contributed by atoms with Gasteiger partial charge in [0.1, 0.15) is 5.75 Å². The van der Waals surface area contributed by atoms with Crippen molar-refractivity contribution in [1.29, 1.82) is 0 Å². The summed E-state index contributed by atoms with van der Waals surface area (Å²) in [4.78, 5) is 48.8. The van der Waals surface area contributed by atoms with Gasteiger partial charge < -0.3 is 9.47 Å². The van der Waals surface area contributed by atoms with Gasteiger partial charge in [-0.2, -0.15) is 0 Å². The minimum absolute atomic E-state index is 0.200. The van der Waals surface area contributed by atoms with Crippen LogP contribution in [-0.2, 0) is 9.53 Å². The number of hydrogen-bond acceptors (Lipinski definition) is 11. The predicted octanol–water partition coefficient (Wildman–Crippen LogP) is 6.74. The molecule has 256 valence electrons. The third kappa shape index (κ3) is 7.24. The van der Waals surface area contributed by atoms with Crippen LogP contribution in [0.5, 0.6) is 5.75 Å². The van der Waals surface area contributed by atoms with E-state index in [1.165, 1.54) is 10.6 Å². The van der Waals surface area contributed by atoms with Crippen molar-refractivity contribution >= 4 is 64.0 Å². The number of nitrogens with one attached hydrogen (secondary N) is 1. The number of allylic oxidation sites excluding steroid dienone is 1. The number of nitrogens with zero attached hydrogens (tertiary/aromatic N) is 5. The molecular formula is C34H28Cl2N6O6S2. The summed E-state index contributed by atoms with van der Waals surface area (Å²) < 4.78 is 12.9. The molecule has 50 heavy (non-hydrogen) atoms. The molecule has 0 spiro atoms. The smallest absolute Gasteiger partial charge is 0.338 e. The summed E-state index contributed by atoms with van der Waals surface area (Å²) >= 11 is 14.4. The van der Waals surface area contributed by atoms with Crippen LogP contribution >= 0.6 is 46.3 Å². The van der Waals surface area contributed by atoms with Gasteiger partial charge in [-0.25, -0.2) is 14.8 Å². The average molecular weight is 752 g/mol. The van der Waals surface area contributed by atoms with Crippen molar-refractivity contribution in [2.45, 2.75) is 49.9 Å².